The summed E-state index contributed by atoms with van der Waals surface area (Å²) in [6.45, 7) is 0. The third-order valence-electron chi connectivity index (χ3n) is 4.53. The van der Waals surface area contributed by atoms with Gasteiger partial charge < -0.3 is 10.1 Å². The molecule has 2 aromatic rings. The molecule has 168 valence electrons. The van der Waals surface area contributed by atoms with Crippen LogP contribution in [0.3, 0.4) is 0 Å². The standard InChI is InChI=1S/C21H27N3O6S/c1-30-17-11-8-12-18(15-17)31(28,29)24-19(13-6-3-7-14-20(25)23-27)21(26)22-16-9-4-2-5-10-16/h2,4-5,8-12,15,19,24,27H,3,6-7,13-14H2,1H3,(H,22,26)(H,23,25)/t19-/m0/s1. The topological polar surface area (TPSA) is 134 Å². The van der Waals surface area contributed by atoms with Gasteiger partial charge in [-0.25, -0.2) is 13.9 Å². The fourth-order valence-electron chi connectivity index (χ4n) is 2.88. The molecule has 2 aromatic carbocycles. The van der Waals surface area contributed by atoms with Crippen LogP contribution in [0.2, 0.25) is 0 Å². The highest BCUT2D eigenvalue weighted by molar-refractivity contribution is 7.89. The van der Waals surface area contributed by atoms with Crippen LogP contribution in [-0.4, -0.2) is 38.6 Å². The minimum absolute atomic E-state index is 0.0102. The Balaban J connectivity index is 2.09. The molecule has 31 heavy (non-hydrogen) atoms. The van der Waals surface area contributed by atoms with E-state index in [9.17, 15) is 18.0 Å². The molecule has 0 saturated carbocycles. The molecule has 0 unspecified atom stereocenters. The number of methoxy groups -OCH3 is 1. The van der Waals surface area contributed by atoms with E-state index in [1.807, 2.05) is 0 Å². The first-order chi connectivity index (χ1) is 14.9. The lowest BCUT2D eigenvalue weighted by Crippen LogP contribution is -2.43. The molecule has 4 N–H and O–H groups in total. The van der Waals surface area contributed by atoms with Crippen molar-refractivity contribution in [3.63, 3.8) is 0 Å². The first kappa shape index (κ1) is 24.3. The van der Waals surface area contributed by atoms with Crippen molar-refractivity contribution in [1.82, 2.24) is 10.2 Å². The summed E-state index contributed by atoms with van der Waals surface area (Å²) in [7, 11) is -2.54. The molecule has 0 radical (unpaired) electrons. The van der Waals surface area contributed by atoms with Gasteiger partial charge in [-0.2, -0.15) is 4.72 Å². The lowest BCUT2D eigenvalue weighted by Gasteiger charge is -2.19. The molecule has 0 aliphatic heterocycles. The Labute approximate surface area is 181 Å². The summed E-state index contributed by atoms with van der Waals surface area (Å²) in [5, 5.41) is 11.2. The van der Waals surface area contributed by atoms with Crippen molar-refractivity contribution < 1.29 is 28.0 Å². The first-order valence-electron chi connectivity index (χ1n) is 9.81. The summed E-state index contributed by atoms with van der Waals surface area (Å²) in [4.78, 5) is 23.9. The van der Waals surface area contributed by atoms with Crippen molar-refractivity contribution in [3.05, 3.63) is 54.6 Å². The number of hydroxylamine groups is 1. The SMILES string of the molecule is COc1cccc(S(=O)(=O)N[C@@H](CCCCCC(=O)NO)C(=O)Nc2ccccc2)c1. The lowest BCUT2D eigenvalue weighted by atomic mass is 10.1. The van der Waals surface area contributed by atoms with Crippen LogP contribution in [0.5, 0.6) is 5.75 Å². The maximum atomic E-state index is 12.9. The largest absolute Gasteiger partial charge is 0.497 e. The van der Waals surface area contributed by atoms with E-state index in [1.54, 1.807) is 47.9 Å². The van der Waals surface area contributed by atoms with E-state index in [4.69, 9.17) is 9.94 Å². The van der Waals surface area contributed by atoms with Gasteiger partial charge in [0.05, 0.1) is 12.0 Å². The molecular formula is C21H27N3O6S. The molecule has 10 heteroatoms. The average molecular weight is 450 g/mol. The van der Waals surface area contributed by atoms with Crippen LogP contribution >= 0.6 is 0 Å². The van der Waals surface area contributed by atoms with Crippen LogP contribution in [-0.2, 0) is 19.6 Å². The molecular weight excluding hydrogens is 422 g/mol. The second-order valence-corrected chi connectivity index (χ2v) is 8.56. The molecule has 0 heterocycles. The Kier molecular flexibility index (Phi) is 9.44. The van der Waals surface area contributed by atoms with Gasteiger partial charge in [0.25, 0.3) is 0 Å². The van der Waals surface area contributed by atoms with Crippen LogP contribution in [0.1, 0.15) is 32.1 Å². The third-order valence-corrected chi connectivity index (χ3v) is 6.00. The van der Waals surface area contributed by atoms with E-state index in [0.717, 1.165) is 0 Å². The predicted molar refractivity (Wildman–Crippen MR) is 115 cm³/mol. The van der Waals surface area contributed by atoms with E-state index in [1.165, 1.54) is 19.2 Å². The number of benzene rings is 2. The van der Waals surface area contributed by atoms with Gasteiger partial charge in [-0.15, -0.1) is 0 Å². The van der Waals surface area contributed by atoms with E-state index >= 15 is 0 Å². The van der Waals surface area contributed by atoms with Gasteiger partial charge in [0.1, 0.15) is 11.8 Å². The molecule has 0 aromatic heterocycles. The van der Waals surface area contributed by atoms with Crippen LogP contribution in [0, 0.1) is 0 Å². The normalized spacial score (nSPS) is 12.1. The highest BCUT2D eigenvalue weighted by atomic mass is 32.2. The van der Waals surface area contributed by atoms with E-state index in [-0.39, 0.29) is 17.7 Å². The molecule has 0 fully saturated rings. The van der Waals surface area contributed by atoms with Gasteiger partial charge in [-0.1, -0.05) is 37.1 Å². The second kappa shape index (κ2) is 12.0. The maximum absolute atomic E-state index is 12.9. The number of amides is 2. The van der Waals surface area contributed by atoms with Crippen LogP contribution in [0.25, 0.3) is 0 Å². The number of para-hydroxylation sites is 1. The zero-order chi connectivity index (χ0) is 22.7. The summed E-state index contributed by atoms with van der Waals surface area (Å²) in [5.41, 5.74) is 2.12. The van der Waals surface area contributed by atoms with Gasteiger partial charge in [0.15, 0.2) is 0 Å². The number of carbonyl (C=O) groups is 2. The van der Waals surface area contributed by atoms with E-state index in [2.05, 4.69) is 10.0 Å². The number of unbranched alkanes of at least 4 members (excludes halogenated alkanes) is 2. The zero-order valence-electron chi connectivity index (χ0n) is 17.2. The molecule has 0 saturated heterocycles. The number of rotatable bonds is 12. The molecule has 0 aliphatic carbocycles. The molecule has 1 atom stereocenters. The van der Waals surface area contributed by atoms with E-state index < -0.39 is 27.9 Å². The number of sulfonamides is 1. The third kappa shape index (κ3) is 8.00. The summed E-state index contributed by atoms with van der Waals surface area (Å²) in [6, 6.07) is 13.7. The Morgan fingerprint density at radius 1 is 1.03 bits per heavy atom. The molecule has 2 rings (SSSR count). The van der Waals surface area contributed by atoms with Gasteiger partial charge in [0, 0.05) is 18.2 Å². The quantitative estimate of drug-likeness (QED) is 0.223. The first-order valence-corrected chi connectivity index (χ1v) is 11.3. The van der Waals surface area contributed by atoms with Crippen molar-refractivity contribution in [2.45, 2.75) is 43.0 Å². The summed E-state index contributed by atoms with van der Waals surface area (Å²) in [5.74, 6) is -0.585. The van der Waals surface area contributed by atoms with Crippen LogP contribution in [0.15, 0.2) is 59.5 Å². The van der Waals surface area contributed by atoms with Crippen molar-refractivity contribution in [2.75, 3.05) is 12.4 Å². The van der Waals surface area contributed by atoms with Crippen molar-refractivity contribution >= 4 is 27.5 Å². The van der Waals surface area contributed by atoms with Crippen molar-refractivity contribution in [2.24, 2.45) is 0 Å². The number of hydrogen-bond acceptors (Lipinski definition) is 6. The van der Waals surface area contributed by atoms with Gasteiger partial charge in [-0.3, -0.25) is 14.8 Å². The molecule has 0 aliphatic rings. The predicted octanol–water partition coefficient (Wildman–Crippen LogP) is 2.44. The van der Waals surface area contributed by atoms with E-state index in [0.29, 0.717) is 30.7 Å². The maximum Gasteiger partial charge on any atom is 0.243 e. The summed E-state index contributed by atoms with van der Waals surface area (Å²) >= 11 is 0. The minimum atomic E-state index is -3.98. The smallest absolute Gasteiger partial charge is 0.243 e. The number of hydrogen-bond donors (Lipinski definition) is 4. The average Bonchev–Trinajstić information content (AvgIpc) is 2.78. The number of ether oxygens (including phenoxy) is 1. The Morgan fingerprint density at radius 2 is 1.77 bits per heavy atom. The van der Waals surface area contributed by atoms with Gasteiger partial charge >= 0.3 is 0 Å². The van der Waals surface area contributed by atoms with Crippen LogP contribution in [0.4, 0.5) is 5.69 Å². The number of anilines is 1. The fraction of sp³-hybridized carbons (Fsp3) is 0.333. The summed E-state index contributed by atoms with van der Waals surface area (Å²) < 4.78 is 33.3. The highest BCUT2D eigenvalue weighted by Gasteiger charge is 2.26. The fourth-order valence-corrected chi connectivity index (χ4v) is 4.15. The van der Waals surface area contributed by atoms with Crippen LogP contribution < -0.4 is 20.3 Å². The molecule has 9 nitrogen and oxygen atoms in total. The van der Waals surface area contributed by atoms with Crippen molar-refractivity contribution in [1.29, 1.82) is 0 Å². The molecule has 0 bridgehead atoms. The Bertz CT molecular complexity index is 966. The Morgan fingerprint density at radius 3 is 2.45 bits per heavy atom. The minimum Gasteiger partial charge on any atom is -0.497 e. The lowest BCUT2D eigenvalue weighted by molar-refractivity contribution is -0.129. The number of carbonyl (C=O) groups excluding carboxylic acids is 2. The van der Waals surface area contributed by atoms with Crippen molar-refractivity contribution in [3.8, 4) is 5.75 Å². The monoisotopic (exact) mass is 449 g/mol. The Hall–Kier alpha value is -2.95. The molecule has 0 spiro atoms. The second-order valence-electron chi connectivity index (χ2n) is 6.84. The number of nitrogens with one attached hydrogen (secondary N) is 3. The zero-order valence-corrected chi connectivity index (χ0v) is 18.0. The van der Waals surface area contributed by atoms with Gasteiger partial charge in [0.2, 0.25) is 21.8 Å². The summed E-state index contributed by atoms with van der Waals surface area (Å²) in [6.07, 6.45) is 1.98. The molecule has 2 amide bonds. The highest BCUT2D eigenvalue weighted by Crippen LogP contribution is 2.18. The van der Waals surface area contributed by atoms with Gasteiger partial charge in [-0.05, 0) is 37.1 Å².